The lowest BCUT2D eigenvalue weighted by molar-refractivity contribution is -0.137. The van der Waals surface area contributed by atoms with Crippen molar-refractivity contribution in [1.82, 2.24) is 10.4 Å². The van der Waals surface area contributed by atoms with E-state index in [9.17, 15) is 17.6 Å². The summed E-state index contributed by atoms with van der Waals surface area (Å²) in [5, 5.41) is -0.963. The Kier molecular flexibility index (Phi) is 4.28. The second-order valence-electron chi connectivity index (χ2n) is 3.80. The van der Waals surface area contributed by atoms with Crippen LogP contribution in [0.4, 0.5) is 17.6 Å². The fraction of sp³-hybridized carbons (Fsp3) is 0.182. The fourth-order valence-corrected chi connectivity index (χ4v) is 2.77. The Morgan fingerprint density at radius 2 is 2.05 bits per heavy atom. The normalized spacial score (nSPS) is 13.5. The zero-order valence-corrected chi connectivity index (χ0v) is 11.3. The minimum absolute atomic E-state index is 0.0194. The van der Waals surface area contributed by atoms with Crippen LogP contribution in [0.25, 0.3) is 0 Å². The van der Waals surface area contributed by atoms with Crippen molar-refractivity contribution in [2.24, 2.45) is 5.84 Å². The third kappa shape index (κ3) is 2.93. The quantitative estimate of drug-likeness (QED) is 0.516. The molecule has 0 aliphatic rings. The highest BCUT2D eigenvalue weighted by atomic mass is 35.5. The minimum Gasteiger partial charge on any atom is -0.271 e. The molecular formula is C11H8ClF4N3S. The molecule has 1 heterocycles. The maximum Gasteiger partial charge on any atom is 0.443 e. The first-order chi connectivity index (χ1) is 9.34. The van der Waals surface area contributed by atoms with Crippen molar-refractivity contribution >= 4 is 22.9 Å². The lowest BCUT2D eigenvalue weighted by Crippen LogP contribution is -2.29. The summed E-state index contributed by atoms with van der Waals surface area (Å²) in [6.45, 7) is 0. The smallest absolute Gasteiger partial charge is 0.271 e. The summed E-state index contributed by atoms with van der Waals surface area (Å²) in [4.78, 5) is 3.39. The van der Waals surface area contributed by atoms with Crippen molar-refractivity contribution in [2.75, 3.05) is 0 Å². The van der Waals surface area contributed by atoms with E-state index in [4.69, 9.17) is 17.4 Å². The lowest BCUT2D eigenvalue weighted by Gasteiger charge is -2.16. The fourth-order valence-electron chi connectivity index (χ4n) is 1.65. The second kappa shape index (κ2) is 5.65. The molecule has 0 amide bonds. The van der Waals surface area contributed by atoms with Crippen molar-refractivity contribution in [3.63, 3.8) is 0 Å². The summed E-state index contributed by atoms with van der Waals surface area (Å²) in [5.41, 5.74) is 2.24. The Morgan fingerprint density at radius 3 is 2.55 bits per heavy atom. The minimum atomic E-state index is -4.55. The Balaban J connectivity index is 2.45. The van der Waals surface area contributed by atoms with E-state index >= 15 is 0 Å². The number of thiazole rings is 1. The van der Waals surface area contributed by atoms with Gasteiger partial charge in [-0.25, -0.2) is 14.8 Å². The van der Waals surface area contributed by atoms with Crippen LogP contribution in [0.2, 0.25) is 5.02 Å². The molecule has 0 saturated carbocycles. The highest BCUT2D eigenvalue weighted by Gasteiger charge is 2.35. The molecule has 1 atom stereocenters. The van der Waals surface area contributed by atoms with E-state index in [1.807, 2.05) is 0 Å². The van der Waals surface area contributed by atoms with Gasteiger partial charge in [0.05, 0.1) is 6.04 Å². The number of nitrogens with zero attached hydrogens (tertiary/aromatic N) is 1. The van der Waals surface area contributed by atoms with Gasteiger partial charge in [0.25, 0.3) is 0 Å². The summed E-state index contributed by atoms with van der Waals surface area (Å²) in [6, 6.07) is 2.97. The number of rotatable bonds is 3. The maximum absolute atomic E-state index is 13.8. The maximum atomic E-state index is 13.8. The highest BCUT2D eigenvalue weighted by Crippen LogP contribution is 2.37. The van der Waals surface area contributed by atoms with Crippen LogP contribution in [0.15, 0.2) is 24.4 Å². The summed E-state index contributed by atoms with van der Waals surface area (Å²) in [7, 11) is 0. The van der Waals surface area contributed by atoms with E-state index < -0.39 is 23.0 Å². The van der Waals surface area contributed by atoms with Gasteiger partial charge >= 0.3 is 6.18 Å². The average Bonchev–Trinajstić information content (AvgIpc) is 2.83. The van der Waals surface area contributed by atoms with Crippen molar-refractivity contribution < 1.29 is 17.6 Å². The molecule has 0 bridgehead atoms. The summed E-state index contributed by atoms with van der Waals surface area (Å²) >= 11 is 6.26. The molecule has 9 heteroatoms. The van der Waals surface area contributed by atoms with Gasteiger partial charge in [-0.2, -0.15) is 13.2 Å². The molecule has 108 valence electrons. The number of hydrogen-bond acceptors (Lipinski definition) is 4. The monoisotopic (exact) mass is 325 g/mol. The third-order valence-electron chi connectivity index (χ3n) is 2.51. The van der Waals surface area contributed by atoms with Crippen molar-refractivity contribution in [3.8, 4) is 0 Å². The number of halogens is 5. The number of hydrazine groups is 1. The molecule has 1 aromatic heterocycles. The zero-order valence-electron chi connectivity index (χ0n) is 9.71. The third-order valence-corrected chi connectivity index (χ3v) is 3.94. The molecule has 0 aliphatic heterocycles. The molecule has 2 aromatic rings. The molecule has 2 rings (SSSR count). The first-order valence-electron chi connectivity index (χ1n) is 5.27. The Bertz CT molecular complexity index is 594. The molecule has 0 spiro atoms. The predicted molar refractivity (Wildman–Crippen MR) is 67.7 cm³/mol. The van der Waals surface area contributed by atoms with Gasteiger partial charge < -0.3 is 0 Å². The summed E-state index contributed by atoms with van der Waals surface area (Å²) in [5.74, 6) is 4.65. The van der Waals surface area contributed by atoms with Gasteiger partial charge in [-0.1, -0.05) is 17.7 Å². The van der Waals surface area contributed by atoms with E-state index in [1.165, 1.54) is 12.1 Å². The predicted octanol–water partition coefficient (Wildman–Crippen LogP) is 3.51. The van der Waals surface area contributed by atoms with Crippen LogP contribution < -0.4 is 11.3 Å². The zero-order chi connectivity index (χ0) is 14.9. The van der Waals surface area contributed by atoms with Crippen molar-refractivity contribution in [1.29, 1.82) is 0 Å². The largest absolute Gasteiger partial charge is 0.443 e. The van der Waals surface area contributed by atoms with Crippen LogP contribution in [0.3, 0.4) is 0 Å². The molecule has 3 N–H and O–H groups in total. The van der Waals surface area contributed by atoms with Crippen LogP contribution in [0.5, 0.6) is 0 Å². The molecule has 20 heavy (non-hydrogen) atoms. The van der Waals surface area contributed by atoms with Gasteiger partial charge in [-0.15, -0.1) is 11.3 Å². The van der Waals surface area contributed by atoms with Crippen molar-refractivity contribution in [2.45, 2.75) is 12.2 Å². The number of nitrogens with one attached hydrogen (secondary N) is 1. The van der Waals surface area contributed by atoms with Gasteiger partial charge in [0.15, 0.2) is 5.01 Å². The molecule has 0 fully saturated rings. The van der Waals surface area contributed by atoms with Gasteiger partial charge in [-0.05, 0) is 12.1 Å². The van der Waals surface area contributed by atoms with E-state index in [0.29, 0.717) is 11.3 Å². The SMILES string of the molecule is NNC(c1cnc(C(F)(F)F)s1)c1c(F)cccc1Cl. The molecule has 0 saturated heterocycles. The molecule has 3 nitrogen and oxygen atoms in total. The average molecular weight is 326 g/mol. The summed E-state index contributed by atoms with van der Waals surface area (Å²) < 4.78 is 51.4. The highest BCUT2D eigenvalue weighted by molar-refractivity contribution is 7.11. The topological polar surface area (TPSA) is 50.9 Å². The van der Waals surface area contributed by atoms with Crippen molar-refractivity contribution in [3.05, 3.63) is 50.7 Å². The van der Waals surface area contributed by atoms with Gasteiger partial charge in [0.1, 0.15) is 5.82 Å². The Hall–Kier alpha value is -1.22. The molecule has 1 unspecified atom stereocenters. The van der Waals surface area contributed by atoms with Gasteiger partial charge in [-0.3, -0.25) is 5.84 Å². The number of alkyl halides is 3. The standard InChI is InChI=1S/C11H8ClF4N3S/c12-5-2-1-3-6(13)8(5)9(19-17)7-4-18-10(20-7)11(14,15)16/h1-4,9,19H,17H2. The summed E-state index contributed by atoms with van der Waals surface area (Å²) in [6.07, 6.45) is -3.55. The van der Waals surface area contributed by atoms with Crippen LogP contribution >= 0.6 is 22.9 Å². The first-order valence-corrected chi connectivity index (χ1v) is 6.47. The first kappa shape index (κ1) is 15.2. The van der Waals surface area contributed by atoms with E-state index in [0.717, 1.165) is 12.3 Å². The Morgan fingerprint density at radius 1 is 1.35 bits per heavy atom. The second-order valence-corrected chi connectivity index (χ2v) is 5.27. The molecule has 1 aromatic carbocycles. The number of benzene rings is 1. The number of nitrogens with two attached hydrogens (primary N) is 1. The van der Waals surface area contributed by atoms with Crippen LogP contribution in [-0.4, -0.2) is 4.98 Å². The van der Waals surface area contributed by atoms with Gasteiger partial charge in [0.2, 0.25) is 0 Å². The van der Waals surface area contributed by atoms with Crippen LogP contribution in [0, 0.1) is 5.82 Å². The van der Waals surface area contributed by atoms with Gasteiger partial charge in [0, 0.05) is 21.7 Å². The van der Waals surface area contributed by atoms with E-state index in [1.54, 1.807) is 0 Å². The van der Waals surface area contributed by atoms with Crippen LogP contribution in [-0.2, 0) is 6.18 Å². The molecule has 0 radical (unpaired) electrons. The number of hydrogen-bond donors (Lipinski definition) is 2. The molecular weight excluding hydrogens is 318 g/mol. The van der Waals surface area contributed by atoms with E-state index in [2.05, 4.69) is 10.4 Å². The Labute approximate surface area is 120 Å². The molecule has 0 aliphatic carbocycles. The number of aromatic nitrogens is 1. The lowest BCUT2D eigenvalue weighted by atomic mass is 10.1. The van der Waals surface area contributed by atoms with Crippen LogP contribution in [0.1, 0.15) is 21.5 Å². The van der Waals surface area contributed by atoms with E-state index in [-0.39, 0.29) is 15.5 Å².